The van der Waals surface area contributed by atoms with E-state index < -0.39 is 5.97 Å². The fraction of sp³-hybridized carbons (Fsp3) is 0.467. The Kier molecular flexibility index (Phi) is 4.35. The number of hydrogen-bond acceptors (Lipinski definition) is 3. The molecule has 20 heavy (non-hydrogen) atoms. The van der Waals surface area contributed by atoms with Gasteiger partial charge in [0.25, 0.3) is 0 Å². The highest BCUT2D eigenvalue weighted by Gasteiger charge is 2.29. The first kappa shape index (κ1) is 14.5. The molecule has 2 rings (SSSR count). The van der Waals surface area contributed by atoms with Crippen molar-refractivity contribution in [1.29, 1.82) is 5.26 Å². The molecule has 0 bridgehead atoms. The number of halogens is 1. The summed E-state index contributed by atoms with van der Waals surface area (Å²) in [6.45, 7) is 3.00. The van der Waals surface area contributed by atoms with Gasteiger partial charge in [-0.05, 0) is 44.5 Å². The Morgan fingerprint density at radius 1 is 1.60 bits per heavy atom. The van der Waals surface area contributed by atoms with Gasteiger partial charge in [0.15, 0.2) is 0 Å². The lowest BCUT2D eigenvalue weighted by molar-refractivity contribution is -0.144. The van der Waals surface area contributed by atoms with Crippen LogP contribution in [-0.4, -0.2) is 28.6 Å². The molecule has 1 heterocycles. The lowest BCUT2D eigenvalue weighted by atomic mass is 9.91. The summed E-state index contributed by atoms with van der Waals surface area (Å²) in [7, 11) is 0. The minimum Gasteiger partial charge on any atom is -0.481 e. The lowest BCUT2D eigenvalue weighted by Crippen LogP contribution is -2.42. The van der Waals surface area contributed by atoms with E-state index in [9.17, 15) is 9.18 Å². The van der Waals surface area contributed by atoms with Crippen LogP contribution >= 0.6 is 0 Å². The van der Waals surface area contributed by atoms with Gasteiger partial charge in [-0.15, -0.1) is 0 Å². The number of carboxylic acids is 1. The van der Waals surface area contributed by atoms with Crippen LogP contribution in [0.2, 0.25) is 0 Å². The first-order chi connectivity index (χ1) is 9.51. The third kappa shape index (κ3) is 3.14. The molecule has 0 amide bonds. The number of carbonyl (C=O) groups is 1. The van der Waals surface area contributed by atoms with Crippen molar-refractivity contribution < 1.29 is 14.3 Å². The van der Waals surface area contributed by atoms with E-state index in [1.54, 1.807) is 6.07 Å². The van der Waals surface area contributed by atoms with Gasteiger partial charge in [-0.1, -0.05) is 0 Å². The molecule has 1 fully saturated rings. The molecule has 0 aromatic heterocycles. The highest BCUT2D eigenvalue weighted by Crippen LogP contribution is 2.25. The van der Waals surface area contributed by atoms with E-state index >= 15 is 0 Å². The molecular formula is C15H17FN2O2. The van der Waals surface area contributed by atoms with E-state index in [0.717, 1.165) is 0 Å². The average molecular weight is 276 g/mol. The van der Waals surface area contributed by atoms with E-state index in [1.807, 2.05) is 13.0 Å². The minimum absolute atomic E-state index is 0.0926. The second-order valence-electron chi connectivity index (χ2n) is 5.30. The quantitative estimate of drug-likeness (QED) is 0.920. The van der Waals surface area contributed by atoms with Crippen LogP contribution in [0.25, 0.3) is 0 Å². The number of nitriles is 1. The number of aliphatic carboxylic acids is 1. The highest BCUT2D eigenvalue weighted by molar-refractivity contribution is 5.70. The summed E-state index contributed by atoms with van der Waals surface area (Å²) in [5.74, 6) is -1.39. The summed E-state index contributed by atoms with van der Waals surface area (Å²) in [6, 6.07) is 6.42. The molecule has 0 radical (unpaired) electrons. The van der Waals surface area contributed by atoms with Crippen molar-refractivity contribution in [2.75, 3.05) is 6.54 Å². The van der Waals surface area contributed by atoms with E-state index in [1.165, 1.54) is 12.1 Å². The smallest absolute Gasteiger partial charge is 0.306 e. The maximum atomic E-state index is 13.8. The average Bonchev–Trinajstić information content (AvgIpc) is 2.43. The second kappa shape index (κ2) is 6.02. The Bertz CT molecular complexity index is 553. The Morgan fingerprint density at radius 3 is 2.95 bits per heavy atom. The van der Waals surface area contributed by atoms with Crippen molar-refractivity contribution >= 4 is 5.97 Å². The summed E-state index contributed by atoms with van der Waals surface area (Å²) in [5.41, 5.74) is 0.930. The van der Waals surface area contributed by atoms with Crippen LogP contribution in [-0.2, 0) is 11.3 Å². The van der Waals surface area contributed by atoms with Crippen LogP contribution in [0, 0.1) is 23.1 Å². The summed E-state index contributed by atoms with van der Waals surface area (Å²) < 4.78 is 13.8. The van der Waals surface area contributed by atoms with Gasteiger partial charge < -0.3 is 5.11 Å². The first-order valence-electron chi connectivity index (χ1n) is 6.66. The standard InChI is InChI=1S/C15H17FN2O2/c1-10-6-12(15(19)20)4-5-18(10)9-13-7-11(8-17)2-3-14(13)16/h2-3,7,10,12H,4-6,9H2,1H3,(H,19,20). The Hall–Kier alpha value is -1.93. The van der Waals surface area contributed by atoms with Gasteiger partial charge in [0.2, 0.25) is 0 Å². The van der Waals surface area contributed by atoms with E-state index in [0.29, 0.717) is 37.1 Å². The van der Waals surface area contributed by atoms with Gasteiger partial charge in [0, 0.05) is 18.2 Å². The topological polar surface area (TPSA) is 64.3 Å². The van der Waals surface area contributed by atoms with Crippen LogP contribution in [0.4, 0.5) is 4.39 Å². The number of carboxylic acid groups (broad SMARTS) is 1. The van der Waals surface area contributed by atoms with Crippen molar-refractivity contribution in [2.24, 2.45) is 5.92 Å². The highest BCUT2D eigenvalue weighted by atomic mass is 19.1. The van der Waals surface area contributed by atoms with Gasteiger partial charge in [0.1, 0.15) is 5.82 Å². The van der Waals surface area contributed by atoms with Crippen LogP contribution in [0.15, 0.2) is 18.2 Å². The number of piperidine rings is 1. The van der Waals surface area contributed by atoms with Gasteiger partial charge >= 0.3 is 5.97 Å². The van der Waals surface area contributed by atoms with Gasteiger partial charge in [-0.3, -0.25) is 9.69 Å². The number of nitrogens with zero attached hydrogens (tertiary/aromatic N) is 2. The predicted octanol–water partition coefficient (Wildman–Crippen LogP) is 2.38. The monoisotopic (exact) mass is 276 g/mol. The molecule has 1 aliphatic heterocycles. The Morgan fingerprint density at radius 2 is 2.35 bits per heavy atom. The van der Waals surface area contributed by atoms with Crippen molar-refractivity contribution in [3.63, 3.8) is 0 Å². The zero-order valence-corrected chi connectivity index (χ0v) is 11.3. The lowest BCUT2D eigenvalue weighted by Gasteiger charge is -2.36. The summed E-state index contributed by atoms with van der Waals surface area (Å²) in [6.07, 6.45) is 1.16. The molecule has 1 N–H and O–H groups in total. The molecule has 1 aliphatic rings. The molecule has 1 saturated heterocycles. The van der Waals surface area contributed by atoms with Gasteiger partial charge in [-0.2, -0.15) is 5.26 Å². The van der Waals surface area contributed by atoms with Gasteiger partial charge in [-0.25, -0.2) is 4.39 Å². The maximum Gasteiger partial charge on any atom is 0.306 e. The van der Waals surface area contributed by atoms with Gasteiger partial charge in [0.05, 0.1) is 17.6 Å². The van der Waals surface area contributed by atoms with E-state index in [4.69, 9.17) is 10.4 Å². The van der Waals surface area contributed by atoms with Crippen LogP contribution < -0.4 is 0 Å². The van der Waals surface area contributed by atoms with E-state index in [2.05, 4.69) is 4.90 Å². The molecule has 0 aliphatic carbocycles. The predicted molar refractivity (Wildman–Crippen MR) is 71.3 cm³/mol. The molecule has 1 aromatic carbocycles. The zero-order valence-electron chi connectivity index (χ0n) is 11.3. The molecule has 1 aromatic rings. The van der Waals surface area contributed by atoms with Crippen LogP contribution in [0.3, 0.4) is 0 Å². The Labute approximate surface area is 117 Å². The Balaban J connectivity index is 2.08. The minimum atomic E-state index is -0.755. The normalized spacial score (nSPS) is 23.2. The van der Waals surface area contributed by atoms with Crippen LogP contribution in [0.5, 0.6) is 0 Å². The molecule has 2 atom stereocenters. The van der Waals surface area contributed by atoms with Crippen molar-refractivity contribution in [3.8, 4) is 6.07 Å². The molecule has 4 nitrogen and oxygen atoms in total. The number of likely N-dealkylation sites (tertiary alicyclic amines) is 1. The number of hydrogen-bond donors (Lipinski definition) is 1. The van der Waals surface area contributed by atoms with Crippen LogP contribution in [0.1, 0.15) is 30.9 Å². The third-order valence-electron chi connectivity index (χ3n) is 3.91. The fourth-order valence-electron chi connectivity index (χ4n) is 2.66. The van der Waals surface area contributed by atoms with Crippen molar-refractivity contribution in [1.82, 2.24) is 4.90 Å². The molecule has 2 unspecified atom stereocenters. The number of rotatable bonds is 3. The maximum absolute atomic E-state index is 13.8. The second-order valence-corrected chi connectivity index (χ2v) is 5.30. The van der Waals surface area contributed by atoms with E-state index in [-0.39, 0.29) is 17.8 Å². The molecule has 0 saturated carbocycles. The number of benzene rings is 1. The summed E-state index contributed by atoms with van der Waals surface area (Å²) >= 11 is 0. The molecule has 5 heteroatoms. The van der Waals surface area contributed by atoms with Crippen molar-refractivity contribution in [3.05, 3.63) is 35.1 Å². The summed E-state index contributed by atoms with van der Waals surface area (Å²) in [4.78, 5) is 13.1. The third-order valence-corrected chi connectivity index (χ3v) is 3.91. The largest absolute Gasteiger partial charge is 0.481 e. The SMILES string of the molecule is CC1CC(C(=O)O)CCN1Cc1cc(C#N)ccc1F. The fourth-order valence-corrected chi connectivity index (χ4v) is 2.66. The zero-order chi connectivity index (χ0) is 14.7. The first-order valence-corrected chi connectivity index (χ1v) is 6.66. The molecule has 106 valence electrons. The summed E-state index contributed by atoms with van der Waals surface area (Å²) in [5, 5.41) is 17.9. The molecule has 0 spiro atoms. The van der Waals surface area contributed by atoms with Crippen molar-refractivity contribution in [2.45, 2.75) is 32.4 Å². The molecular weight excluding hydrogens is 259 g/mol.